The van der Waals surface area contributed by atoms with Crippen LogP contribution in [0.1, 0.15) is 25.6 Å². The Balaban J connectivity index is 1.88. The van der Waals surface area contributed by atoms with Crippen LogP contribution in [0.5, 0.6) is 0 Å². The Hall–Kier alpha value is -1.50. The quantitative estimate of drug-likeness (QED) is 0.770. The van der Waals surface area contributed by atoms with Crippen molar-refractivity contribution in [3.05, 3.63) is 5.82 Å². The minimum atomic E-state index is -0.823. The second-order valence-corrected chi connectivity index (χ2v) is 4.82. The fourth-order valence-electron chi connectivity index (χ4n) is 2.15. The first kappa shape index (κ1) is 12.9. The highest BCUT2D eigenvalue weighted by molar-refractivity contribution is 5.69. The zero-order valence-corrected chi connectivity index (χ0v) is 10.6. The topological polar surface area (TPSA) is 84.1 Å². The average Bonchev–Trinajstić information content (AvgIpc) is 2.97. The number of rotatable bonds is 6. The Morgan fingerprint density at radius 3 is 2.83 bits per heavy atom. The third-order valence-corrected chi connectivity index (χ3v) is 3.32. The van der Waals surface area contributed by atoms with E-state index in [2.05, 4.69) is 20.4 Å². The first-order valence-electron chi connectivity index (χ1n) is 6.37. The van der Waals surface area contributed by atoms with E-state index < -0.39 is 11.9 Å². The molecule has 100 valence electrons. The average molecular weight is 253 g/mol. The summed E-state index contributed by atoms with van der Waals surface area (Å²) in [6.45, 7) is 5.23. The fourth-order valence-corrected chi connectivity index (χ4v) is 2.15. The van der Waals surface area contributed by atoms with Crippen LogP contribution < -0.4 is 0 Å². The summed E-state index contributed by atoms with van der Waals surface area (Å²) in [5.41, 5.74) is 0. The minimum Gasteiger partial charge on any atom is -0.481 e. The van der Waals surface area contributed by atoms with Crippen molar-refractivity contribution >= 4 is 5.97 Å². The second-order valence-electron chi connectivity index (χ2n) is 4.82. The summed E-state index contributed by atoms with van der Waals surface area (Å²) in [5.74, 6) is -0.523. The lowest BCUT2D eigenvalue weighted by molar-refractivity contribution is -0.141. The van der Waals surface area contributed by atoms with Gasteiger partial charge in [0.1, 0.15) is 0 Å². The van der Waals surface area contributed by atoms with Crippen LogP contribution >= 0.6 is 0 Å². The molecular formula is C11H19N5O2. The van der Waals surface area contributed by atoms with Gasteiger partial charge in [-0.05, 0) is 36.4 Å². The maximum Gasteiger partial charge on any atom is 0.308 e. The van der Waals surface area contributed by atoms with E-state index in [9.17, 15) is 4.79 Å². The van der Waals surface area contributed by atoms with Gasteiger partial charge in [0.2, 0.25) is 0 Å². The normalized spacial score (nSPS) is 18.1. The summed E-state index contributed by atoms with van der Waals surface area (Å²) in [5, 5.41) is 20.3. The monoisotopic (exact) mass is 253 g/mol. The molecule has 1 aromatic rings. The highest BCUT2D eigenvalue weighted by Crippen LogP contribution is 2.08. The van der Waals surface area contributed by atoms with Crippen molar-refractivity contribution in [1.29, 1.82) is 0 Å². The van der Waals surface area contributed by atoms with Crippen molar-refractivity contribution in [1.82, 2.24) is 25.1 Å². The molecule has 7 nitrogen and oxygen atoms in total. The third kappa shape index (κ3) is 3.25. The van der Waals surface area contributed by atoms with Crippen LogP contribution in [-0.4, -0.2) is 55.8 Å². The summed E-state index contributed by atoms with van der Waals surface area (Å²) in [7, 11) is 0. The Kier molecular flexibility index (Phi) is 4.24. The van der Waals surface area contributed by atoms with Crippen molar-refractivity contribution in [2.45, 2.75) is 32.7 Å². The molecule has 0 aliphatic carbocycles. The van der Waals surface area contributed by atoms with Crippen molar-refractivity contribution in [2.24, 2.45) is 5.92 Å². The molecule has 1 unspecified atom stereocenters. The van der Waals surface area contributed by atoms with Crippen LogP contribution in [0.2, 0.25) is 0 Å². The van der Waals surface area contributed by atoms with Crippen LogP contribution in [0.15, 0.2) is 0 Å². The molecule has 0 bridgehead atoms. The highest BCUT2D eigenvalue weighted by Gasteiger charge is 2.17. The third-order valence-electron chi connectivity index (χ3n) is 3.32. The van der Waals surface area contributed by atoms with E-state index in [0.29, 0.717) is 6.54 Å². The van der Waals surface area contributed by atoms with Crippen LogP contribution in [0.25, 0.3) is 0 Å². The molecule has 1 N–H and O–H groups in total. The van der Waals surface area contributed by atoms with Crippen LogP contribution in [0.3, 0.4) is 0 Å². The molecule has 7 heteroatoms. The van der Waals surface area contributed by atoms with Gasteiger partial charge in [0, 0.05) is 13.0 Å². The molecule has 0 amide bonds. The van der Waals surface area contributed by atoms with Gasteiger partial charge in [-0.3, -0.25) is 4.79 Å². The summed E-state index contributed by atoms with van der Waals surface area (Å²) in [6, 6.07) is 0. The molecule has 1 atom stereocenters. The number of aliphatic carboxylic acids is 1. The zero-order chi connectivity index (χ0) is 13.0. The van der Waals surface area contributed by atoms with E-state index in [1.807, 2.05) is 0 Å². The lowest BCUT2D eigenvalue weighted by atomic mass is 10.2. The maximum atomic E-state index is 10.8. The predicted octanol–water partition coefficient (Wildman–Crippen LogP) is 0.0321. The molecule has 2 rings (SSSR count). The SMILES string of the molecule is CC(Cn1nnnc1CCN1CCCC1)C(=O)O. The summed E-state index contributed by atoms with van der Waals surface area (Å²) < 4.78 is 1.61. The molecule has 2 heterocycles. The maximum absolute atomic E-state index is 10.8. The highest BCUT2D eigenvalue weighted by atomic mass is 16.4. The molecule has 0 spiro atoms. The molecule has 1 aliphatic rings. The number of tetrazole rings is 1. The van der Waals surface area contributed by atoms with E-state index in [0.717, 1.165) is 31.9 Å². The Morgan fingerprint density at radius 1 is 1.44 bits per heavy atom. The zero-order valence-electron chi connectivity index (χ0n) is 10.6. The van der Waals surface area contributed by atoms with E-state index in [-0.39, 0.29) is 0 Å². The van der Waals surface area contributed by atoms with Gasteiger partial charge in [-0.1, -0.05) is 6.92 Å². The van der Waals surface area contributed by atoms with Crippen molar-refractivity contribution in [3.63, 3.8) is 0 Å². The smallest absolute Gasteiger partial charge is 0.308 e. The Bertz CT molecular complexity index is 400. The van der Waals surface area contributed by atoms with Gasteiger partial charge in [0.25, 0.3) is 0 Å². The van der Waals surface area contributed by atoms with Crippen LogP contribution in [0.4, 0.5) is 0 Å². The Morgan fingerprint density at radius 2 is 2.17 bits per heavy atom. The van der Waals surface area contributed by atoms with Gasteiger partial charge in [0.15, 0.2) is 5.82 Å². The number of hydrogen-bond donors (Lipinski definition) is 1. The van der Waals surface area contributed by atoms with E-state index >= 15 is 0 Å². The first-order chi connectivity index (χ1) is 8.66. The van der Waals surface area contributed by atoms with Gasteiger partial charge in [-0.15, -0.1) is 5.10 Å². The van der Waals surface area contributed by atoms with Crippen molar-refractivity contribution < 1.29 is 9.90 Å². The summed E-state index contributed by atoms with van der Waals surface area (Å²) in [4.78, 5) is 13.2. The minimum absolute atomic E-state index is 0.331. The van der Waals surface area contributed by atoms with Crippen LogP contribution in [0, 0.1) is 5.92 Å². The molecule has 0 radical (unpaired) electrons. The van der Waals surface area contributed by atoms with Gasteiger partial charge >= 0.3 is 5.97 Å². The number of nitrogens with zero attached hydrogens (tertiary/aromatic N) is 5. The molecule has 1 saturated heterocycles. The summed E-state index contributed by atoms with van der Waals surface area (Å²) in [6.07, 6.45) is 3.31. The van der Waals surface area contributed by atoms with E-state index in [1.165, 1.54) is 12.8 Å². The van der Waals surface area contributed by atoms with Crippen molar-refractivity contribution in [3.8, 4) is 0 Å². The first-order valence-corrected chi connectivity index (χ1v) is 6.37. The Labute approximate surface area is 106 Å². The van der Waals surface area contributed by atoms with E-state index in [4.69, 9.17) is 5.11 Å². The lowest BCUT2D eigenvalue weighted by Gasteiger charge is -2.14. The number of carboxylic acid groups (broad SMARTS) is 1. The van der Waals surface area contributed by atoms with Crippen molar-refractivity contribution in [2.75, 3.05) is 19.6 Å². The van der Waals surface area contributed by atoms with Crippen LogP contribution in [-0.2, 0) is 17.8 Å². The molecule has 1 aliphatic heterocycles. The van der Waals surface area contributed by atoms with Gasteiger partial charge < -0.3 is 10.0 Å². The number of aromatic nitrogens is 4. The molecule has 18 heavy (non-hydrogen) atoms. The van der Waals surface area contributed by atoms with Gasteiger partial charge in [-0.25, -0.2) is 4.68 Å². The second kappa shape index (κ2) is 5.90. The molecule has 0 saturated carbocycles. The molecular weight excluding hydrogens is 234 g/mol. The molecule has 1 aromatic heterocycles. The lowest BCUT2D eigenvalue weighted by Crippen LogP contribution is -2.24. The fraction of sp³-hybridized carbons (Fsp3) is 0.818. The molecule has 0 aromatic carbocycles. The number of carbonyl (C=O) groups is 1. The molecule has 1 fully saturated rings. The standard InChI is InChI=1S/C11H19N5O2/c1-9(11(17)18)8-16-10(12-13-14-16)4-7-15-5-2-3-6-15/h9H,2-8H2,1H3,(H,17,18). The number of likely N-dealkylation sites (tertiary alicyclic amines) is 1. The van der Waals surface area contributed by atoms with E-state index in [1.54, 1.807) is 11.6 Å². The van der Waals surface area contributed by atoms with Gasteiger partial charge in [-0.2, -0.15) is 0 Å². The summed E-state index contributed by atoms with van der Waals surface area (Å²) >= 11 is 0. The number of hydrogen-bond acceptors (Lipinski definition) is 5. The van der Waals surface area contributed by atoms with Gasteiger partial charge in [0.05, 0.1) is 12.5 Å². The largest absolute Gasteiger partial charge is 0.481 e. The predicted molar refractivity (Wildman–Crippen MR) is 64.0 cm³/mol. The number of carboxylic acids is 1.